The predicted molar refractivity (Wildman–Crippen MR) is 82.2 cm³/mol. The molecule has 5 heteroatoms. The third-order valence-corrected chi connectivity index (χ3v) is 3.65. The first-order valence-corrected chi connectivity index (χ1v) is 7.84. The Balaban J connectivity index is 1.77. The Labute approximate surface area is 126 Å². The van der Waals surface area contributed by atoms with Crippen LogP contribution in [0.4, 0.5) is 4.79 Å². The van der Waals surface area contributed by atoms with Gasteiger partial charge in [0.15, 0.2) is 0 Å². The number of pyridine rings is 1. The summed E-state index contributed by atoms with van der Waals surface area (Å²) in [7, 11) is 0. The SMILES string of the molecule is CCCN(CCc1ccccn1)C(=O)NC[C@@H]1CCCO1. The van der Waals surface area contributed by atoms with E-state index in [0.29, 0.717) is 13.1 Å². The maximum atomic E-state index is 12.2. The van der Waals surface area contributed by atoms with Crippen LogP contribution in [0.15, 0.2) is 24.4 Å². The lowest BCUT2D eigenvalue weighted by molar-refractivity contribution is 0.109. The molecule has 1 saturated heterocycles. The topological polar surface area (TPSA) is 54.5 Å². The molecule has 1 N–H and O–H groups in total. The number of hydrogen-bond acceptors (Lipinski definition) is 3. The highest BCUT2D eigenvalue weighted by Gasteiger charge is 2.18. The zero-order valence-corrected chi connectivity index (χ0v) is 12.8. The molecule has 21 heavy (non-hydrogen) atoms. The second-order valence-electron chi connectivity index (χ2n) is 5.38. The van der Waals surface area contributed by atoms with Gasteiger partial charge in [-0.2, -0.15) is 0 Å². The van der Waals surface area contributed by atoms with Crippen LogP contribution in [0, 0.1) is 0 Å². The minimum Gasteiger partial charge on any atom is -0.376 e. The molecule has 2 amide bonds. The Morgan fingerprint density at radius 1 is 1.48 bits per heavy atom. The second-order valence-corrected chi connectivity index (χ2v) is 5.38. The Kier molecular flexibility index (Phi) is 6.47. The van der Waals surface area contributed by atoms with Gasteiger partial charge in [-0.15, -0.1) is 0 Å². The summed E-state index contributed by atoms with van der Waals surface area (Å²) >= 11 is 0. The van der Waals surface area contributed by atoms with Crippen LogP contribution >= 0.6 is 0 Å². The number of carbonyl (C=O) groups excluding carboxylic acids is 1. The Hall–Kier alpha value is -1.62. The number of amides is 2. The van der Waals surface area contributed by atoms with Gasteiger partial charge in [0.25, 0.3) is 0 Å². The molecule has 0 aliphatic carbocycles. The summed E-state index contributed by atoms with van der Waals surface area (Å²) < 4.78 is 5.53. The van der Waals surface area contributed by atoms with Gasteiger partial charge >= 0.3 is 6.03 Å². The van der Waals surface area contributed by atoms with Crippen LogP contribution < -0.4 is 5.32 Å². The first-order valence-electron chi connectivity index (χ1n) is 7.84. The number of urea groups is 1. The normalized spacial score (nSPS) is 17.7. The van der Waals surface area contributed by atoms with Crippen molar-refractivity contribution in [1.82, 2.24) is 15.2 Å². The molecule has 5 nitrogen and oxygen atoms in total. The maximum Gasteiger partial charge on any atom is 0.317 e. The zero-order chi connectivity index (χ0) is 14.9. The number of nitrogens with one attached hydrogen (secondary N) is 1. The van der Waals surface area contributed by atoms with E-state index in [1.54, 1.807) is 6.20 Å². The number of ether oxygens (including phenoxy) is 1. The van der Waals surface area contributed by atoms with Crippen molar-refractivity contribution in [2.24, 2.45) is 0 Å². The van der Waals surface area contributed by atoms with E-state index >= 15 is 0 Å². The lowest BCUT2D eigenvalue weighted by Gasteiger charge is -2.23. The van der Waals surface area contributed by atoms with Crippen LogP contribution in [-0.4, -0.2) is 48.3 Å². The fourth-order valence-corrected chi connectivity index (χ4v) is 2.50. The van der Waals surface area contributed by atoms with Crippen LogP contribution in [0.3, 0.4) is 0 Å². The molecule has 1 aromatic rings. The van der Waals surface area contributed by atoms with Gasteiger partial charge in [-0.3, -0.25) is 4.98 Å². The molecule has 0 unspecified atom stereocenters. The van der Waals surface area contributed by atoms with Gasteiger partial charge in [-0.1, -0.05) is 13.0 Å². The molecule has 0 aromatic carbocycles. The van der Waals surface area contributed by atoms with E-state index in [9.17, 15) is 4.79 Å². The van der Waals surface area contributed by atoms with Gasteiger partial charge in [-0.25, -0.2) is 4.79 Å². The number of nitrogens with zero attached hydrogens (tertiary/aromatic N) is 2. The largest absolute Gasteiger partial charge is 0.376 e. The minimum atomic E-state index is 0.00304. The van der Waals surface area contributed by atoms with Crippen LogP contribution in [0.5, 0.6) is 0 Å². The monoisotopic (exact) mass is 291 g/mol. The van der Waals surface area contributed by atoms with E-state index in [1.165, 1.54) is 0 Å². The number of hydrogen-bond donors (Lipinski definition) is 1. The fourth-order valence-electron chi connectivity index (χ4n) is 2.50. The Bertz CT molecular complexity index is 419. The lowest BCUT2D eigenvalue weighted by atomic mass is 10.2. The minimum absolute atomic E-state index is 0.00304. The number of rotatable bonds is 7. The third kappa shape index (κ3) is 5.34. The van der Waals surface area contributed by atoms with Crippen molar-refractivity contribution in [3.63, 3.8) is 0 Å². The molecule has 0 radical (unpaired) electrons. The standard InChI is InChI=1S/C16H25N3O2/c1-2-10-19(11-8-14-6-3-4-9-17-14)16(20)18-13-15-7-5-12-21-15/h3-4,6,9,15H,2,5,7-8,10-13H2,1H3,(H,18,20)/t15-/m0/s1. The van der Waals surface area contributed by atoms with Gasteiger partial charge in [0.1, 0.15) is 0 Å². The van der Waals surface area contributed by atoms with Crippen molar-refractivity contribution < 1.29 is 9.53 Å². The van der Waals surface area contributed by atoms with Crippen molar-refractivity contribution in [1.29, 1.82) is 0 Å². The summed E-state index contributed by atoms with van der Waals surface area (Å²) in [6.07, 6.45) is 5.86. The van der Waals surface area contributed by atoms with Crippen molar-refractivity contribution in [3.05, 3.63) is 30.1 Å². The zero-order valence-electron chi connectivity index (χ0n) is 12.8. The van der Waals surface area contributed by atoms with Gasteiger partial charge in [0, 0.05) is 44.6 Å². The molecule has 1 aromatic heterocycles. The van der Waals surface area contributed by atoms with Gasteiger partial charge in [0.2, 0.25) is 0 Å². The van der Waals surface area contributed by atoms with Crippen molar-refractivity contribution >= 4 is 6.03 Å². The van der Waals surface area contributed by atoms with E-state index < -0.39 is 0 Å². The average Bonchev–Trinajstić information content (AvgIpc) is 3.03. The molecule has 2 rings (SSSR count). The molecule has 2 heterocycles. The quantitative estimate of drug-likeness (QED) is 0.838. The van der Waals surface area contributed by atoms with Gasteiger partial charge in [0.05, 0.1) is 6.10 Å². The first kappa shape index (κ1) is 15.8. The molecular formula is C16H25N3O2. The third-order valence-electron chi connectivity index (χ3n) is 3.65. The van der Waals surface area contributed by atoms with Gasteiger partial charge < -0.3 is 15.0 Å². The summed E-state index contributed by atoms with van der Waals surface area (Å²) in [6, 6.07) is 5.88. The Morgan fingerprint density at radius 2 is 2.38 bits per heavy atom. The molecule has 0 bridgehead atoms. The summed E-state index contributed by atoms with van der Waals surface area (Å²) in [5.74, 6) is 0. The van der Waals surface area contributed by atoms with Crippen LogP contribution in [0.2, 0.25) is 0 Å². The van der Waals surface area contributed by atoms with Crippen LogP contribution in [-0.2, 0) is 11.2 Å². The maximum absolute atomic E-state index is 12.2. The van der Waals surface area contributed by atoms with E-state index in [-0.39, 0.29) is 12.1 Å². The number of carbonyl (C=O) groups is 1. The van der Waals surface area contributed by atoms with E-state index in [4.69, 9.17) is 4.74 Å². The highest BCUT2D eigenvalue weighted by atomic mass is 16.5. The van der Waals surface area contributed by atoms with E-state index in [0.717, 1.165) is 44.5 Å². The summed E-state index contributed by atoms with van der Waals surface area (Å²) in [5, 5.41) is 2.99. The van der Waals surface area contributed by atoms with Crippen LogP contribution in [0.25, 0.3) is 0 Å². The van der Waals surface area contributed by atoms with E-state index in [2.05, 4.69) is 17.2 Å². The smallest absolute Gasteiger partial charge is 0.317 e. The summed E-state index contributed by atoms with van der Waals surface area (Å²) in [6.45, 7) is 4.98. The van der Waals surface area contributed by atoms with Gasteiger partial charge in [-0.05, 0) is 31.4 Å². The molecule has 1 fully saturated rings. The first-order chi connectivity index (χ1) is 10.3. The highest BCUT2D eigenvalue weighted by Crippen LogP contribution is 2.10. The van der Waals surface area contributed by atoms with Crippen molar-refractivity contribution in [2.75, 3.05) is 26.2 Å². The molecule has 1 aliphatic heterocycles. The summed E-state index contributed by atoms with van der Waals surface area (Å²) in [4.78, 5) is 18.4. The molecular weight excluding hydrogens is 266 g/mol. The predicted octanol–water partition coefficient (Wildman–Crippen LogP) is 2.22. The number of aromatic nitrogens is 1. The Morgan fingerprint density at radius 3 is 3.05 bits per heavy atom. The average molecular weight is 291 g/mol. The fraction of sp³-hybridized carbons (Fsp3) is 0.625. The molecule has 0 saturated carbocycles. The molecule has 116 valence electrons. The lowest BCUT2D eigenvalue weighted by Crippen LogP contribution is -2.44. The van der Waals surface area contributed by atoms with Crippen molar-refractivity contribution in [2.45, 2.75) is 38.7 Å². The van der Waals surface area contributed by atoms with Crippen LogP contribution in [0.1, 0.15) is 31.9 Å². The second kappa shape index (κ2) is 8.62. The van der Waals surface area contributed by atoms with E-state index in [1.807, 2.05) is 23.1 Å². The summed E-state index contributed by atoms with van der Waals surface area (Å²) in [5.41, 5.74) is 1.02. The highest BCUT2D eigenvalue weighted by molar-refractivity contribution is 5.74. The van der Waals surface area contributed by atoms with Crippen molar-refractivity contribution in [3.8, 4) is 0 Å². The molecule has 0 spiro atoms. The molecule has 1 atom stereocenters. The molecule has 1 aliphatic rings.